The molecule has 3 heterocycles. The van der Waals surface area contributed by atoms with Crippen molar-refractivity contribution < 1.29 is 9.90 Å². The first kappa shape index (κ1) is 12.0. The first-order valence-electron chi connectivity index (χ1n) is 5.92. The molecule has 0 spiro atoms. The van der Waals surface area contributed by atoms with Gasteiger partial charge in [-0.05, 0) is 30.7 Å². The fourth-order valence-electron chi connectivity index (χ4n) is 2.35. The molecule has 1 aliphatic rings. The molecule has 2 aromatic heterocycles. The van der Waals surface area contributed by atoms with E-state index in [1.165, 1.54) is 0 Å². The molecule has 19 heavy (non-hydrogen) atoms. The van der Waals surface area contributed by atoms with Gasteiger partial charge in [-0.1, -0.05) is 17.7 Å². The molecule has 0 atom stereocenters. The van der Waals surface area contributed by atoms with Crippen LogP contribution in [0.3, 0.4) is 0 Å². The van der Waals surface area contributed by atoms with Crippen LogP contribution in [0.25, 0.3) is 17.3 Å². The van der Waals surface area contributed by atoms with E-state index in [0.717, 1.165) is 24.2 Å². The smallest absolute Gasteiger partial charge is 0.337 e. The second-order valence-electron chi connectivity index (χ2n) is 4.32. The van der Waals surface area contributed by atoms with E-state index in [0.29, 0.717) is 16.4 Å². The SMILES string of the molecule is O=C(O)c1cc(-c2cccnc2Cl)n2c1C=CCC2. The zero-order valence-electron chi connectivity index (χ0n) is 10.0. The molecule has 0 bridgehead atoms. The van der Waals surface area contributed by atoms with Crippen molar-refractivity contribution in [2.24, 2.45) is 0 Å². The third kappa shape index (κ3) is 1.94. The number of aromatic nitrogens is 2. The van der Waals surface area contributed by atoms with Crippen LogP contribution >= 0.6 is 11.6 Å². The maximum atomic E-state index is 11.3. The minimum atomic E-state index is -0.929. The lowest BCUT2D eigenvalue weighted by Gasteiger charge is -2.14. The Morgan fingerprint density at radius 1 is 1.47 bits per heavy atom. The monoisotopic (exact) mass is 274 g/mol. The number of rotatable bonds is 2. The zero-order chi connectivity index (χ0) is 13.4. The van der Waals surface area contributed by atoms with Gasteiger partial charge in [-0.25, -0.2) is 9.78 Å². The van der Waals surface area contributed by atoms with Crippen LogP contribution in [-0.2, 0) is 6.54 Å². The summed E-state index contributed by atoms with van der Waals surface area (Å²) in [6, 6.07) is 5.30. The lowest BCUT2D eigenvalue weighted by molar-refractivity contribution is 0.0696. The summed E-state index contributed by atoms with van der Waals surface area (Å²) in [4.78, 5) is 15.4. The van der Waals surface area contributed by atoms with E-state index in [-0.39, 0.29) is 0 Å². The molecule has 3 rings (SSSR count). The van der Waals surface area contributed by atoms with E-state index in [1.54, 1.807) is 18.3 Å². The molecular weight excluding hydrogens is 264 g/mol. The van der Waals surface area contributed by atoms with E-state index >= 15 is 0 Å². The van der Waals surface area contributed by atoms with Gasteiger partial charge in [-0.3, -0.25) is 0 Å². The maximum Gasteiger partial charge on any atom is 0.337 e. The molecule has 0 unspecified atom stereocenters. The van der Waals surface area contributed by atoms with Gasteiger partial charge in [0.25, 0.3) is 0 Å². The Hall–Kier alpha value is -2.07. The quantitative estimate of drug-likeness (QED) is 0.855. The molecule has 96 valence electrons. The Kier molecular flexibility index (Phi) is 2.87. The lowest BCUT2D eigenvalue weighted by Crippen LogP contribution is -2.07. The number of aromatic carboxylic acids is 1. The standard InChI is InChI=1S/C14H11ClN2O2/c15-13-9(4-3-6-16-13)12-8-10(14(18)19)11-5-1-2-7-17(11)12/h1,3-6,8H,2,7H2,(H,18,19). The number of allylic oxidation sites excluding steroid dienone is 1. The fourth-order valence-corrected chi connectivity index (χ4v) is 2.57. The number of carboxylic acids is 1. The number of hydrogen-bond acceptors (Lipinski definition) is 2. The lowest BCUT2D eigenvalue weighted by atomic mass is 10.2. The van der Waals surface area contributed by atoms with Crippen molar-refractivity contribution in [2.45, 2.75) is 13.0 Å². The number of carbonyl (C=O) groups is 1. The summed E-state index contributed by atoms with van der Waals surface area (Å²) in [5, 5.41) is 9.66. The van der Waals surface area contributed by atoms with Crippen LogP contribution in [-0.4, -0.2) is 20.6 Å². The summed E-state index contributed by atoms with van der Waals surface area (Å²) in [7, 11) is 0. The summed E-state index contributed by atoms with van der Waals surface area (Å²) < 4.78 is 1.98. The van der Waals surface area contributed by atoms with Gasteiger partial charge < -0.3 is 9.67 Å². The van der Waals surface area contributed by atoms with Gasteiger partial charge in [0, 0.05) is 18.3 Å². The van der Waals surface area contributed by atoms with Crippen molar-refractivity contribution >= 4 is 23.6 Å². The number of hydrogen-bond donors (Lipinski definition) is 1. The van der Waals surface area contributed by atoms with Gasteiger partial charge in [-0.15, -0.1) is 0 Å². The number of fused-ring (bicyclic) bond motifs is 1. The van der Waals surface area contributed by atoms with E-state index in [2.05, 4.69) is 4.98 Å². The average Bonchev–Trinajstić information content (AvgIpc) is 2.79. The third-order valence-electron chi connectivity index (χ3n) is 3.20. The summed E-state index contributed by atoms with van der Waals surface area (Å²) >= 11 is 6.10. The first-order chi connectivity index (χ1) is 9.18. The van der Waals surface area contributed by atoms with Gasteiger partial charge >= 0.3 is 5.97 Å². The number of halogens is 1. The Bertz CT molecular complexity index is 689. The minimum absolute atomic E-state index is 0.297. The normalized spacial score (nSPS) is 13.3. The Balaban J connectivity index is 2.26. The molecule has 0 radical (unpaired) electrons. The molecule has 4 nitrogen and oxygen atoms in total. The molecule has 1 N–H and O–H groups in total. The van der Waals surface area contributed by atoms with Crippen molar-refractivity contribution in [1.82, 2.24) is 9.55 Å². The van der Waals surface area contributed by atoms with Crippen LogP contribution in [0.15, 0.2) is 30.5 Å². The van der Waals surface area contributed by atoms with E-state index < -0.39 is 5.97 Å². The maximum absolute atomic E-state index is 11.3. The van der Waals surface area contributed by atoms with E-state index in [1.807, 2.05) is 22.8 Å². The highest BCUT2D eigenvalue weighted by molar-refractivity contribution is 6.32. The largest absolute Gasteiger partial charge is 0.478 e. The van der Waals surface area contributed by atoms with Gasteiger partial charge in [-0.2, -0.15) is 0 Å². The molecular formula is C14H11ClN2O2. The van der Waals surface area contributed by atoms with Crippen LogP contribution in [0.2, 0.25) is 5.15 Å². The van der Waals surface area contributed by atoms with Crippen LogP contribution in [0.4, 0.5) is 0 Å². The van der Waals surface area contributed by atoms with Crippen LogP contribution in [0.1, 0.15) is 22.5 Å². The third-order valence-corrected chi connectivity index (χ3v) is 3.50. The molecule has 0 aliphatic carbocycles. The van der Waals surface area contributed by atoms with Crippen LogP contribution in [0.5, 0.6) is 0 Å². The predicted octanol–water partition coefficient (Wildman–Crippen LogP) is 3.32. The Labute approximate surface area is 115 Å². The van der Waals surface area contributed by atoms with Gasteiger partial charge in [0.1, 0.15) is 5.15 Å². The molecule has 0 fully saturated rings. The Morgan fingerprint density at radius 3 is 3.05 bits per heavy atom. The number of nitrogens with zero attached hydrogens (tertiary/aromatic N) is 2. The van der Waals surface area contributed by atoms with Crippen molar-refractivity contribution in [2.75, 3.05) is 0 Å². The van der Waals surface area contributed by atoms with Crippen molar-refractivity contribution in [1.29, 1.82) is 0 Å². The zero-order valence-corrected chi connectivity index (χ0v) is 10.8. The molecule has 2 aromatic rings. The van der Waals surface area contributed by atoms with E-state index in [4.69, 9.17) is 11.6 Å². The topological polar surface area (TPSA) is 55.1 Å². The van der Waals surface area contributed by atoms with Crippen molar-refractivity contribution in [3.63, 3.8) is 0 Å². The molecule has 0 aromatic carbocycles. The van der Waals surface area contributed by atoms with Crippen LogP contribution in [0, 0.1) is 0 Å². The highest BCUT2D eigenvalue weighted by atomic mass is 35.5. The van der Waals surface area contributed by atoms with E-state index in [9.17, 15) is 9.90 Å². The molecule has 0 amide bonds. The number of carboxylic acid groups (broad SMARTS) is 1. The number of pyridine rings is 1. The molecule has 0 saturated heterocycles. The highest BCUT2D eigenvalue weighted by Crippen LogP contribution is 2.32. The van der Waals surface area contributed by atoms with Gasteiger partial charge in [0.15, 0.2) is 0 Å². The fraction of sp³-hybridized carbons (Fsp3) is 0.143. The Morgan fingerprint density at radius 2 is 2.32 bits per heavy atom. The summed E-state index contributed by atoms with van der Waals surface area (Å²) in [6.07, 6.45) is 6.33. The summed E-state index contributed by atoms with van der Waals surface area (Å²) in [5.41, 5.74) is 2.57. The summed E-state index contributed by atoms with van der Waals surface area (Å²) in [5.74, 6) is -0.929. The molecule has 1 aliphatic heterocycles. The first-order valence-corrected chi connectivity index (χ1v) is 6.30. The predicted molar refractivity (Wildman–Crippen MR) is 73.3 cm³/mol. The second-order valence-corrected chi connectivity index (χ2v) is 4.68. The summed E-state index contributed by atoms with van der Waals surface area (Å²) in [6.45, 7) is 0.750. The van der Waals surface area contributed by atoms with Gasteiger partial charge in [0.2, 0.25) is 0 Å². The second kappa shape index (κ2) is 4.55. The highest BCUT2D eigenvalue weighted by Gasteiger charge is 2.21. The van der Waals surface area contributed by atoms with Crippen molar-refractivity contribution in [3.8, 4) is 11.3 Å². The van der Waals surface area contributed by atoms with Crippen LogP contribution < -0.4 is 0 Å². The minimum Gasteiger partial charge on any atom is -0.478 e. The van der Waals surface area contributed by atoms with Crippen molar-refractivity contribution in [3.05, 3.63) is 46.9 Å². The molecule has 5 heteroatoms. The van der Waals surface area contributed by atoms with Gasteiger partial charge in [0.05, 0.1) is 17.0 Å². The average molecular weight is 275 g/mol. The molecule has 0 saturated carbocycles.